The fraction of sp³-hybridized carbons (Fsp3) is 0.706. The zero-order valence-electron chi connectivity index (χ0n) is 13.5. The highest BCUT2D eigenvalue weighted by atomic mass is 16.3. The molecule has 128 valence electrons. The Kier molecular flexibility index (Phi) is 5.56. The maximum Gasteiger partial charge on any atom is 0.315 e. The minimum absolute atomic E-state index is 0.0915. The number of nitrogens with one attached hydrogen (secondary N) is 2. The first-order valence-electron chi connectivity index (χ1n) is 8.70. The van der Waals surface area contributed by atoms with Crippen LogP contribution in [0.3, 0.4) is 0 Å². The molecule has 2 atom stereocenters. The molecule has 1 aromatic heterocycles. The quantitative estimate of drug-likeness (QED) is 0.683. The molecule has 6 heteroatoms. The number of urea groups is 1. The monoisotopic (exact) mass is 321 g/mol. The summed E-state index contributed by atoms with van der Waals surface area (Å²) in [5.41, 5.74) is 0. The van der Waals surface area contributed by atoms with Gasteiger partial charge < -0.3 is 20.2 Å². The minimum atomic E-state index is -0.147. The van der Waals surface area contributed by atoms with Gasteiger partial charge in [0.15, 0.2) is 0 Å². The summed E-state index contributed by atoms with van der Waals surface area (Å²) >= 11 is 0. The number of nitrogens with zero attached hydrogens (tertiary/aromatic N) is 1. The van der Waals surface area contributed by atoms with E-state index in [1.54, 1.807) is 6.26 Å². The molecule has 0 spiro atoms. The van der Waals surface area contributed by atoms with Crippen LogP contribution in [0.15, 0.2) is 22.8 Å². The number of furan rings is 1. The molecule has 2 fully saturated rings. The lowest BCUT2D eigenvalue weighted by atomic mass is 10.1. The van der Waals surface area contributed by atoms with Gasteiger partial charge in [-0.15, -0.1) is 0 Å². The molecule has 1 aliphatic carbocycles. The van der Waals surface area contributed by atoms with Crippen LogP contribution >= 0.6 is 0 Å². The van der Waals surface area contributed by atoms with Crippen LogP contribution in [-0.4, -0.2) is 48.3 Å². The molecule has 1 aromatic rings. The normalized spacial score (nSPS) is 21.1. The number of hydrogen-bond acceptors (Lipinski definition) is 4. The van der Waals surface area contributed by atoms with Gasteiger partial charge in [0.1, 0.15) is 5.76 Å². The Balaban J connectivity index is 1.52. The lowest BCUT2D eigenvalue weighted by molar-refractivity contribution is 0.199. The fourth-order valence-corrected chi connectivity index (χ4v) is 3.42. The third-order valence-electron chi connectivity index (χ3n) is 4.86. The average Bonchev–Trinajstić information content (AvgIpc) is 3.02. The summed E-state index contributed by atoms with van der Waals surface area (Å²) in [6.07, 6.45) is 7.00. The Morgan fingerprint density at radius 2 is 2.17 bits per heavy atom. The van der Waals surface area contributed by atoms with E-state index in [9.17, 15) is 4.79 Å². The van der Waals surface area contributed by atoms with Crippen LogP contribution in [0.2, 0.25) is 0 Å². The molecule has 0 unspecified atom stereocenters. The van der Waals surface area contributed by atoms with Crippen molar-refractivity contribution in [1.82, 2.24) is 15.5 Å². The first kappa shape index (κ1) is 16.3. The van der Waals surface area contributed by atoms with Crippen molar-refractivity contribution in [2.75, 3.05) is 26.2 Å². The van der Waals surface area contributed by atoms with Crippen molar-refractivity contribution in [3.8, 4) is 0 Å². The van der Waals surface area contributed by atoms with Gasteiger partial charge in [0.05, 0.1) is 12.3 Å². The molecule has 23 heavy (non-hydrogen) atoms. The molecule has 2 aliphatic rings. The van der Waals surface area contributed by atoms with Gasteiger partial charge in [-0.25, -0.2) is 4.79 Å². The highest BCUT2D eigenvalue weighted by Crippen LogP contribution is 2.33. The van der Waals surface area contributed by atoms with E-state index >= 15 is 0 Å². The van der Waals surface area contributed by atoms with Gasteiger partial charge in [0, 0.05) is 19.2 Å². The third-order valence-corrected chi connectivity index (χ3v) is 4.86. The van der Waals surface area contributed by atoms with Gasteiger partial charge in [-0.2, -0.15) is 0 Å². The van der Waals surface area contributed by atoms with Gasteiger partial charge in [0.25, 0.3) is 0 Å². The summed E-state index contributed by atoms with van der Waals surface area (Å²) < 4.78 is 5.56. The molecule has 0 bridgehead atoms. The second kappa shape index (κ2) is 7.84. The second-order valence-corrected chi connectivity index (χ2v) is 6.58. The van der Waals surface area contributed by atoms with E-state index in [2.05, 4.69) is 15.5 Å². The van der Waals surface area contributed by atoms with E-state index in [1.807, 2.05) is 12.1 Å². The van der Waals surface area contributed by atoms with Crippen molar-refractivity contribution in [2.45, 2.75) is 44.2 Å². The largest absolute Gasteiger partial charge is 0.468 e. The maximum atomic E-state index is 12.2. The van der Waals surface area contributed by atoms with Crippen LogP contribution in [0, 0.1) is 5.92 Å². The van der Waals surface area contributed by atoms with Gasteiger partial charge in [0.2, 0.25) is 0 Å². The Labute approximate surface area is 137 Å². The van der Waals surface area contributed by atoms with Crippen molar-refractivity contribution in [3.05, 3.63) is 24.2 Å². The number of carbonyl (C=O) groups excluding carboxylic acids is 1. The summed E-state index contributed by atoms with van der Waals surface area (Å²) in [5, 5.41) is 15.1. The SMILES string of the molecule is O=C(NC[C@H](c1ccco1)N1CCCC1)N[C@H](CCO)C1CC1. The second-order valence-electron chi connectivity index (χ2n) is 6.58. The molecule has 3 N–H and O–H groups in total. The lowest BCUT2D eigenvalue weighted by Crippen LogP contribution is -2.46. The first-order chi connectivity index (χ1) is 11.3. The highest BCUT2D eigenvalue weighted by molar-refractivity contribution is 5.74. The van der Waals surface area contributed by atoms with Crippen LogP contribution in [-0.2, 0) is 0 Å². The van der Waals surface area contributed by atoms with E-state index in [1.165, 1.54) is 12.8 Å². The van der Waals surface area contributed by atoms with Gasteiger partial charge >= 0.3 is 6.03 Å². The van der Waals surface area contributed by atoms with Crippen molar-refractivity contribution >= 4 is 6.03 Å². The summed E-state index contributed by atoms with van der Waals surface area (Å²) in [6.45, 7) is 2.74. The van der Waals surface area contributed by atoms with Crippen molar-refractivity contribution in [1.29, 1.82) is 0 Å². The number of amides is 2. The molecular weight excluding hydrogens is 294 g/mol. The molecule has 0 radical (unpaired) electrons. The summed E-state index contributed by atoms with van der Waals surface area (Å²) in [4.78, 5) is 14.6. The van der Waals surface area contributed by atoms with Gasteiger partial charge in [-0.1, -0.05) is 0 Å². The van der Waals surface area contributed by atoms with Crippen LogP contribution in [0.4, 0.5) is 4.79 Å². The molecule has 1 saturated heterocycles. The van der Waals surface area contributed by atoms with Crippen LogP contribution < -0.4 is 10.6 Å². The molecule has 2 heterocycles. The predicted octanol–water partition coefficient (Wildman–Crippen LogP) is 1.88. The maximum absolute atomic E-state index is 12.2. The highest BCUT2D eigenvalue weighted by Gasteiger charge is 2.32. The third kappa shape index (κ3) is 4.48. The molecule has 1 aliphatic heterocycles. The number of aliphatic hydroxyl groups excluding tert-OH is 1. The number of hydrogen-bond donors (Lipinski definition) is 3. The molecule has 3 rings (SSSR count). The number of rotatable bonds is 8. The number of aliphatic hydroxyl groups is 1. The van der Waals surface area contributed by atoms with Crippen molar-refractivity contribution in [2.24, 2.45) is 5.92 Å². The average molecular weight is 321 g/mol. The molecule has 1 saturated carbocycles. The Morgan fingerprint density at radius 3 is 2.78 bits per heavy atom. The summed E-state index contributed by atoms with van der Waals surface area (Å²) in [5.74, 6) is 1.44. The lowest BCUT2D eigenvalue weighted by Gasteiger charge is -2.26. The van der Waals surface area contributed by atoms with Gasteiger partial charge in [-0.05, 0) is 63.2 Å². The molecule has 0 aromatic carbocycles. The molecule has 6 nitrogen and oxygen atoms in total. The number of carbonyl (C=O) groups is 1. The van der Waals surface area contributed by atoms with E-state index in [4.69, 9.17) is 9.52 Å². The Hall–Kier alpha value is -1.53. The Morgan fingerprint density at radius 1 is 1.39 bits per heavy atom. The van der Waals surface area contributed by atoms with E-state index in [-0.39, 0.29) is 24.7 Å². The van der Waals surface area contributed by atoms with Crippen LogP contribution in [0.1, 0.15) is 43.9 Å². The van der Waals surface area contributed by atoms with Crippen molar-refractivity contribution in [3.63, 3.8) is 0 Å². The zero-order chi connectivity index (χ0) is 16.1. The zero-order valence-corrected chi connectivity index (χ0v) is 13.5. The topological polar surface area (TPSA) is 77.7 Å². The van der Waals surface area contributed by atoms with E-state index in [0.717, 1.165) is 31.7 Å². The summed E-state index contributed by atoms with van der Waals surface area (Å²) in [7, 11) is 0. The minimum Gasteiger partial charge on any atom is -0.468 e. The predicted molar refractivity (Wildman–Crippen MR) is 87.0 cm³/mol. The smallest absolute Gasteiger partial charge is 0.315 e. The number of likely N-dealkylation sites (tertiary alicyclic amines) is 1. The van der Waals surface area contributed by atoms with Crippen molar-refractivity contribution < 1.29 is 14.3 Å². The van der Waals surface area contributed by atoms with E-state index in [0.29, 0.717) is 18.9 Å². The first-order valence-corrected chi connectivity index (χ1v) is 8.70. The summed E-state index contributed by atoms with van der Waals surface area (Å²) in [6, 6.07) is 3.90. The van der Waals surface area contributed by atoms with Crippen LogP contribution in [0.25, 0.3) is 0 Å². The Bertz CT molecular complexity index is 481. The molecule has 2 amide bonds. The fourth-order valence-electron chi connectivity index (χ4n) is 3.42. The standard InChI is InChI=1S/C17H27N3O3/c21-10-7-14(13-5-6-13)19-17(22)18-12-15(16-4-3-11-23-16)20-8-1-2-9-20/h3-4,11,13-15,21H,1-2,5-10,12H2,(H2,18,19,22)/t14-,15-/m1/s1. The van der Waals surface area contributed by atoms with E-state index < -0.39 is 0 Å². The van der Waals surface area contributed by atoms with Crippen LogP contribution in [0.5, 0.6) is 0 Å². The molecular formula is C17H27N3O3. The van der Waals surface area contributed by atoms with Gasteiger partial charge in [-0.3, -0.25) is 4.90 Å².